The Hall–Kier alpha value is -1.70. The quantitative estimate of drug-likeness (QED) is 0.720. The monoisotopic (exact) mass is 173 g/mol. The molecule has 2 rings (SSSR count). The Morgan fingerprint density at radius 1 is 1.15 bits per heavy atom. The zero-order chi connectivity index (χ0) is 9.26. The van der Waals surface area contributed by atoms with Crippen molar-refractivity contribution >= 4 is 5.88 Å². The van der Waals surface area contributed by atoms with Crippen LogP contribution in [0.4, 0.5) is 5.88 Å². The number of furan rings is 1. The molecular formula is C11H11NO. The number of nitrogens with two attached hydrogens (primary N) is 1. The second kappa shape index (κ2) is 2.98. The van der Waals surface area contributed by atoms with Crippen molar-refractivity contribution in [2.24, 2.45) is 0 Å². The average molecular weight is 173 g/mol. The van der Waals surface area contributed by atoms with Crippen LogP contribution in [0.15, 0.2) is 40.8 Å². The van der Waals surface area contributed by atoms with E-state index in [-0.39, 0.29) is 0 Å². The van der Waals surface area contributed by atoms with Gasteiger partial charge in [-0.15, -0.1) is 0 Å². The molecule has 2 nitrogen and oxygen atoms in total. The van der Waals surface area contributed by atoms with Crippen LogP contribution < -0.4 is 5.73 Å². The van der Waals surface area contributed by atoms with Gasteiger partial charge in [0.05, 0.1) is 0 Å². The first-order valence-corrected chi connectivity index (χ1v) is 4.18. The number of hydrogen-bond acceptors (Lipinski definition) is 2. The minimum atomic E-state index is 0.455. The van der Waals surface area contributed by atoms with Crippen LogP contribution in [0.1, 0.15) is 5.56 Å². The van der Waals surface area contributed by atoms with E-state index in [1.165, 1.54) is 5.56 Å². The molecule has 0 saturated carbocycles. The number of rotatable bonds is 1. The first-order valence-electron chi connectivity index (χ1n) is 4.18. The highest BCUT2D eigenvalue weighted by atomic mass is 16.3. The molecule has 1 aromatic heterocycles. The van der Waals surface area contributed by atoms with Crippen molar-refractivity contribution < 1.29 is 4.42 Å². The topological polar surface area (TPSA) is 39.2 Å². The zero-order valence-corrected chi connectivity index (χ0v) is 7.45. The molecule has 0 aliphatic carbocycles. The summed E-state index contributed by atoms with van der Waals surface area (Å²) in [6, 6.07) is 11.8. The summed E-state index contributed by atoms with van der Waals surface area (Å²) in [5.74, 6) is 1.28. The second-order valence-corrected chi connectivity index (χ2v) is 3.07. The molecule has 2 N–H and O–H groups in total. The fraction of sp³-hybridized carbons (Fsp3) is 0.0909. The average Bonchev–Trinajstić information content (AvgIpc) is 2.52. The fourth-order valence-corrected chi connectivity index (χ4v) is 1.31. The van der Waals surface area contributed by atoms with Crippen LogP contribution in [-0.4, -0.2) is 0 Å². The molecule has 2 aromatic rings. The van der Waals surface area contributed by atoms with E-state index in [9.17, 15) is 0 Å². The maximum atomic E-state index is 5.49. The summed E-state index contributed by atoms with van der Waals surface area (Å²) in [4.78, 5) is 0. The maximum absolute atomic E-state index is 5.49. The molecule has 0 unspecified atom stereocenters. The van der Waals surface area contributed by atoms with Crippen molar-refractivity contribution in [3.05, 3.63) is 42.0 Å². The lowest BCUT2D eigenvalue weighted by Crippen LogP contribution is -1.77. The van der Waals surface area contributed by atoms with E-state index in [1.54, 1.807) is 6.07 Å². The Bertz CT molecular complexity index is 418. The van der Waals surface area contributed by atoms with Crippen molar-refractivity contribution in [3.8, 4) is 11.3 Å². The van der Waals surface area contributed by atoms with E-state index in [0.29, 0.717) is 5.88 Å². The smallest absolute Gasteiger partial charge is 0.190 e. The van der Waals surface area contributed by atoms with Crippen LogP contribution in [0.3, 0.4) is 0 Å². The van der Waals surface area contributed by atoms with Gasteiger partial charge in [-0.05, 0) is 19.1 Å². The number of nitrogen functional groups attached to an aromatic ring is 1. The highest BCUT2D eigenvalue weighted by molar-refractivity contribution is 5.59. The summed E-state index contributed by atoms with van der Waals surface area (Å²) in [5, 5.41) is 0. The van der Waals surface area contributed by atoms with E-state index in [0.717, 1.165) is 11.3 Å². The van der Waals surface area contributed by atoms with Gasteiger partial charge in [0.2, 0.25) is 0 Å². The Morgan fingerprint density at radius 2 is 2.00 bits per heavy atom. The third-order valence-electron chi connectivity index (χ3n) is 1.93. The van der Waals surface area contributed by atoms with Crippen molar-refractivity contribution in [3.63, 3.8) is 0 Å². The van der Waals surface area contributed by atoms with Crippen molar-refractivity contribution in [2.75, 3.05) is 5.73 Å². The van der Waals surface area contributed by atoms with Gasteiger partial charge < -0.3 is 10.2 Å². The molecule has 2 heteroatoms. The molecule has 1 heterocycles. The number of anilines is 1. The predicted octanol–water partition coefficient (Wildman–Crippen LogP) is 2.84. The molecule has 0 saturated heterocycles. The van der Waals surface area contributed by atoms with E-state index in [4.69, 9.17) is 10.2 Å². The molecule has 0 amide bonds. The van der Waals surface area contributed by atoms with Gasteiger partial charge in [0.1, 0.15) is 5.76 Å². The van der Waals surface area contributed by atoms with Gasteiger partial charge in [0, 0.05) is 11.6 Å². The fourth-order valence-electron chi connectivity index (χ4n) is 1.31. The van der Waals surface area contributed by atoms with Crippen LogP contribution in [-0.2, 0) is 0 Å². The van der Waals surface area contributed by atoms with Crippen LogP contribution in [0, 0.1) is 6.92 Å². The molecule has 0 bridgehead atoms. The predicted molar refractivity (Wildman–Crippen MR) is 53.3 cm³/mol. The number of benzene rings is 1. The standard InChI is InChI=1S/C11H11NO/c1-8-3-2-4-9(7-8)10-5-6-11(12)13-10/h2-7H,12H2,1H3. The summed E-state index contributed by atoms with van der Waals surface area (Å²) < 4.78 is 5.30. The summed E-state index contributed by atoms with van der Waals surface area (Å²) in [6.07, 6.45) is 0. The lowest BCUT2D eigenvalue weighted by Gasteiger charge is -1.97. The van der Waals surface area contributed by atoms with Crippen LogP contribution in [0.25, 0.3) is 11.3 Å². The van der Waals surface area contributed by atoms with Gasteiger partial charge in [-0.25, -0.2) is 0 Å². The second-order valence-electron chi connectivity index (χ2n) is 3.07. The zero-order valence-electron chi connectivity index (χ0n) is 7.45. The van der Waals surface area contributed by atoms with Gasteiger partial charge in [0.25, 0.3) is 0 Å². The van der Waals surface area contributed by atoms with Crippen molar-refractivity contribution in [1.82, 2.24) is 0 Å². The highest BCUT2D eigenvalue weighted by Crippen LogP contribution is 2.23. The first kappa shape index (κ1) is 7.92. The molecule has 0 radical (unpaired) electrons. The van der Waals surface area contributed by atoms with Crippen molar-refractivity contribution in [2.45, 2.75) is 6.92 Å². The van der Waals surface area contributed by atoms with E-state index >= 15 is 0 Å². The van der Waals surface area contributed by atoms with Crippen molar-refractivity contribution in [1.29, 1.82) is 0 Å². The summed E-state index contributed by atoms with van der Waals surface area (Å²) >= 11 is 0. The molecule has 0 spiro atoms. The Labute approximate surface area is 77.0 Å². The van der Waals surface area contributed by atoms with E-state index < -0.39 is 0 Å². The normalized spacial score (nSPS) is 10.2. The van der Waals surface area contributed by atoms with Gasteiger partial charge in [-0.1, -0.05) is 23.8 Å². The van der Waals surface area contributed by atoms with Gasteiger partial charge in [0.15, 0.2) is 5.88 Å². The molecule has 13 heavy (non-hydrogen) atoms. The molecule has 0 atom stereocenters. The Balaban J connectivity index is 2.46. The highest BCUT2D eigenvalue weighted by Gasteiger charge is 2.01. The molecule has 0 aliphatic rings. The third-order valence-corrected chi connectivity index (χ3v) is 1.93. The molecular weight excluding hydrogens is 162 g/mol. The number of hydrogen-bond donors (Lipinski definition) is 1. The summed E-state index contributed by atoms with van der Waals surface area (Å²) in [5.41, 5.74) is 7.77. The molecule has 0 fully saturated rings. The minimum Gasteiger partial charge on any atom is -0.441 e. The summed E-state index contributed by atoms with van der Waals surface area (Å²) in [7, 11) is 0. The SMILES string of the molecule is Cc1cccc(-c2ccc(N)o2)c1. The van der Waals surface area contributed by atoms with Gasteiger partial charge in [-0.3, -0.25) is 0 Å². The largest absolute Gasteiger partial charge is 0.441 e. The Kier molecular flexibility index (Phi) is 1.81. The molecule has 1 aromatic carbocycles. The van der Waals surface area contributed by atoms with Crippen LogP contribution >= 0.6 is 0 Å². The molecule has 66 valence electrons. The third kappa shape index (κ3) is 1.56. The van der Waals surface area contributed by atoms with Gasteiger partial charge >= 0.3 is 0 Å². The van der Waals surface area contributed by atoms with Gasteiger partial charge in [-0.2, -0.15) is 0 Å². The van der Waals surface area contributed by atoms with Crippen LogP contribution in [0.2, 0.25) is 0 Å². The van der Waals surface area contributed by atoms with Crippen LogP contribution in [0.5, 0.6) is 0 Å². The lowest BCUT2D eigenvalue weighted by atomic mass is 10.1. The lowest BCUT2D eigenvalue weighted by molar-refractivity contribution is 0.603. The maximum Gasteiger partial charge on any atom is 0.190 e. The first-order chi connectivity index (χ1) is 6.25. The molecule has 0 aliphatic heterocycles. The summed E-state index contributed by atoms with van der Waals surface area (Å²) in [6.45, 7) is 2.05. The van der Waals surface area contributed by atoms with E-state index in [1.807, 2.05) is 18.2 Å². The van der Waals surface area contributed by atoms with E-state index in [2.05, 4.69) is 19.1 Å². The minimum absolute atomic E-state index is 0.455. The Morgan fingerprint density at radius 3 is 2.62 bits per heavy atom. The number of aryl methyl sites for hydroxylation is 1.